The highest BCUT2D eigenvalue weighted by atomic mass is 32.1. The van der Waals surface area contributed by atoms with E-state index in [0.717, 1.165) is 67.2 Å². The number of piperidine rings is 2. The second kappa shape index (κ2) is 26.1. The van der Waals surface area contributed by atoms with Gasteiger partial charge in [0.05, 0.1) is 29.6 Å². The second-order valence-electron chi connectivity index (χ2n) is 22.4. The highest BCUT2D eigenvalue weighted by Gasteiger charge is 2.51. The summed E-state index contributed by atoms with van der Waals surface area (Å²) in [4.78, 5) is 158. The van der Waals surface area contributed by atoms with Crippen LogP contribution in [0.5, 0.6) is 0 Å². The summed E-state index contributed by atoms with van der Waals surface area (Å²) in [6.07, 6.45) is 2.11. The third kappa shape index (κ3) is 13.9. The Morgan fingerprint density at radius 1 is 0.851 bits per heavy atom. The van der Waals surface area contributed by atoms with Gasteiger partial charge in [-0.3, -0.25) is 57.4 Å². The Bertz CT molecular complexity index is 3680. The summed E-state index contributed by atoms with van der Waals surface area (Å²) in [5.74, 6) is -8.01. The maximum absolute atomic E-state index is 14.7. The fraction of sp³-hybridized carbons (Fsp3) is 0.474. The average Bonchev–Trinajstić information content (AvgIpc) is 1.72. The molecule has 6 atom stereocenters. The van der Waals surface area contributed by atoms with Crippen molar-refractivity contribution in [3.63, 3.8) is 0 Å². The topological polar surface area (TPSA) is 331 Å². The summed E-state index contributed by atoms with van der Waals surface area (Å²) in [5.41, 5.74) is 1.92. The summed E-state index contributed by atoms with van der Waals surface area (Å²) in [6.45, 7) is 0.0866. The highest BCUT2D eigenvalue weighted by Crippen LogP contribution is 2.59. The summed E-state index contributed by atoms with van der Waals surface area (Å²) in [5, 5.41) is 10.2. The average molecular weight is 1250 g/mol. The van der Waals surface area contributed by atoms with E-state index in [1.807, 2.05) is 12.1 Å². The summed E-state index contributed by atoms with van der Waals surface area (Å²) < 4.78 is 77.8. The van der Waals surface area contributed by atoms with Crippen molar-refractivity contribution >= 4 is 93.4 Å². The lowest BCUT2D eigenvalue weighted by Crippen LogP contribution is -2.62. The number of carbonyl (C=O) groups is 9. The normalized spacial score (nSPS) is 20.3. The zero-order valence-electron chi connectivity index (χ0n) is 47.3. The number of rotatable bonds is 19. The number of amides is 9. The zero-order valence-corrected chi connectivity index (χ0v) is 49.0. The van der Waals surface area contributed by atoms with Gasteiger partial charge in [-0.1, -0.05) is 18.2 Å². The third-order valence-corrected chi connectivity index (χ3v) is 18.8. The number of imidazole rings is 1. The van der Waals surface area contributed by atoms with Gasteiger partial charge in [-0.15, -0.1) is 11.3 Å². The molecule has 4 aliphatic rings. The first-order valence-electron chi connectivity index (χ1n) is 28.3. The van der Waals surface area contributed by atoms with Crippen molar-refractivity contribution in [1.82, 2.24) is 45.1 Å². The van der Waals surface area contributed by atoms with Gasteiger partial charge >= 0.3 is 25.0 Å². The molecule has 6 heterocycles. The largest absolute Gasteiger partial charge is 0.453 e. The van der Waals surface area contributed by atoms with E-state index in [-0.39, 0.29) is 103 Å². The van der Waals surface area contributed by atoms with Gasteiger partial charge in [0, 0.05) is 62.2 Å². The quantitative estimate of drug-likeness (QED) is 0.0352. The summed E-state index contributed by atoms with van der Waals surface area (Å²) in [7, 11) is -3.20. The van der Waals surface area contributed by atoms with E-state index in [1.54, 1.807) is 18.0 Å². The van der Waals surface area contributed by atoms with E-state index in [4.69, 9.17) is 10.5 Å². The van der Waals surface area contributed by atoms with E-state index in [1.165, 1.54) is 31.1 Å². The number of primary amides is 1. The van der Waals surface area contributed by atoms with Crippen LogP contribution >= 0.6 is 18.9 Å². The van der Waals surface area contributed by atoms with Crippen molar-refractivity contribution in [3.8, 4) is 0 Å². The Morgan fingerprint density at radius 2 is 1.57 bits per heavy atom. The standard InChI is InChI=1S/C57H65F4N10O14PS/c1-67-44-26-31(7-12-41(44)71(55(67)80)43-14-17-48(73)66-51(43)76)5-3-4-30-18-21-68(22-19-30)53(78)39(25-32-6-10-36(58)37(59)24-32)64-49(74)38(11-16-47(62)72)63-50(75)42-13-9-35-20-23-69(56(81)85-2)29-40(54(79)70(35)42)65-52(77)46-28-33-27-34(8-15-45(33)87-46)57(60,61)86(82,83)84/h6-8,10,12,15,24,26-28,30,35,38-40,42-43H,3-5,9,11,13-14,16-23,25,29H2,1-2H3,(H2,62,72)(H,63,75)(H,64,74)(H,65,77)(H,66,73,76)(H2,82,83,84)/t35-,38+,39+,40+,42+,43?/m1/s1. The number of methoxy groups -OCH3 is 1. The van der Waals surface area contributed by atoms with Crippen LogP contribution in [0.4, 0.5) is 22.4 Å². The minimum Gasteiger partial charge on any atom is -0.453 e. The number of benzene rings is 3. The lowest BCUT2D eigenvalue weighted by atomic mass is 9.90. The third-order valence-electron chi connectivity index (χ3n) is 16.7. The van der Waals surface area contributed by atoms with E-state index < -0.39 is 127 Å². The Morgan fingerprint density at radius 3 is 2.26 bits per heavy atom. The highest BCUT2D eigenvalue weighted by molar-refractivity contribution is 7.52. The number of nitrogens with two attached hydrogens (primary N) is 1. The number of carbonyl (C=O) groups excluding carboxylic acids is 9. The number of likely N-dealkylation sites (tertiary alicyclic amines) is 1. The van der Waals surface area contributed by atoms with Crippen LogP contribution in [0.25, 0.3) is 21.1 Å². The molecule has 0 aliphatic carbocycles. The number of fused-ring (bicyclic) bond motifs is 3. The molecule has 0 saturated carbocycles. The molecule has 1 unspecified atom stereocenters. The Kier molecular flexibility index (Phi) is 19.1. The molecule has 9 amide bonds. The molecule has 30 heteroatoms. The number of nitrogens with zero attached hydrogens (tertiary/aromatic N) is 5. The number of hydrogen-bond donors (Lipinski definition) is 7. The van der Waals surface area contributed by atoms with Crippen LogP contribution in [0.15, 0.2) is 65.5 Å². The van der Waals surface area contributed by atoms with Crippen molar-refractivity contribution in [3.05, 3.63) is 104 Å². The number of ether oxygens (including phenoxy) is 1. The van der Waals surface area contributed by atoms with Gasteiger partial charge in [-0.25, -0.2) is 18.4 Å². The van der Waals surface area contributed by atoms with Crippen molar-refractivity contribution in [2.45, 2.75) is 125 Å². The second-order valence-corrected chi connectivity index (χ2v) is 25.1. The molecule has 466 valence electrons. The predicted molar refractivity (Wildman–Crippen MR) is 304 cm³/mol. The molecule has 3 aromatic carbocycles. The molecule has 24 nitrogen and oxygen atoms in total. The van der Waals surface area contributed by atoms with Crippen LogP contribution in [-0.2, 0) is 68.4 Å². The molecule has 87 heavy (non-hydrogen) atoms. The van der Waals surface area contributed by atoms with Crippen molar-refractivity contribution < 1.29 is 79.8 Å². The summed E-state index contributed by atoms with van der Waals surface area (Å²) >= 11 is 0.813. The molecule has 2 aromatic heterocycles. The number of halogens is 4. The molecular formula is C57H65F4N10O14PS. The number of aromatic nitrogens is 2. The maximum Gasteiger partial charge on any atom is 0.409 e. The van der Waals surface area contributed by atoms with Gasteiger partial charge in [0.15, 0.2) is 11.6 Å². The fourth-order valence-electron chi connectivity index (χ4n) is 12.0. The molecule has 0 radical (unpaired) electrons. The van der Waals surface area contributed by atoms with Gasteiger partial charge in [0.2, 0.25) is 41.4 Å². The smallest absolute Gasteiger partial charge is 0.409 e. The molecule has 4 aliphatic heterocycles. The van der Waals surface area contributed by atoms with Gasteiger partial charge in [0.1, 0.15) is 30.2 Å². The summed E-state index contributed by atoms with van der Waals surface area (Å²) in [6, 6.07) is 5.25. The van der Waals surface area contributed by atoms with E-state index in [9.17, 15) is 79.9 Å². The first-order chi connectivity index (χ1) is 41.2. The zero-order chi connectivity index (χ0) is 62.8. The molecule has 8 N–H and O–H groups in total. The molecule has 9 rings (SSSR count). The van der Waals surface area contributed by atoms with E-state index in [2.05, 4.69) is 21.3 Å². The van der Waals surface area contributed by atoms with Gasteiger partial charge in [-0.2, -0.15) is 8.78 Å². The van der Waals surface area contributed by atoms with Crippen LogP contribution in [-0.4, -0.2) is 150 Å². The fourth-order valence-corrected chi connectivity index (χ4v) is 13.4. The number of hydrogen-bond acceptors (Lipinski definition) is 13. The van der Waals surface area contributed by atoms with Crippen molar-refractivity contribution in [2.75, 3.05) is 33.3 Å². The van der Waals surface area contributed by atoms with Crippen LogP contribution < -0.4 is 32.7 Å². The van der Waals surface area contributed by atoms with E-state index in [0.29, 0.717) is 30.3 Å². The Hall–Kier alpha value is -8.01. The van der Waals surface area contributed by atoms with Crippen molar-refractivity contribution in [2.24, 2.45) is 18.7 Å². The maximum atomic E-state index is 14.7. The molecule has 0 spiro atoms. The minimum absolute atomic E-state index is 0.00802. The van der Waals surface area contributed by atoms with Gasteiger partial charge in [-0.05, 0) is 129 Å². The molecular weight excluding hydrogens is 1190 g/mol. The van der Waals surface area contributed by atoms with Crippen LogP contribution in [0.2, 0.25) is 0 Å². The van der Waals surface area contributed by atoms with Crippen LogP contribution in [0.1, 0.15) is 103 Å². The van der Waals surface area contributed by atoms with Crippen LogP contribution in [0.3, 0.4) is 0 Å². The number of imide groups is 1. The first kappa shape index (κ1) is 63.5. The number of alkyl halides is 2. The van der Waals surface area contributed by atoms with E-state index >= 15 is 0 Å². The Labute approximate surface area is 498 Å². The SMILES string of the molecule is COC(=O)N1CC[C@H]2CC[C@@H](C(=O)N[C@@H](CCC(N)=O)C(=O)N[C@@H](Cc3ccc(F)c(F)c3)C(=O)N3CCC(CCCc4ccc5c(c4)n(C)c(=O)n5C4CCC(=O)NC4=O)CC3)N2C(=O)[C@@H](NC(=O)c2cc3cc(C(F)(F)P(=O)(O)O)ccc3s2)C1. The minimum atomic E-state index is -5.94. The van der Waals surface area contributed by atoms with Gasteiger partial charge in [0.25, 0.3) is 5.91 Å². The number of thiophene rings is 1. The molecule has 5 aromatic rings. The first-order valence-corrected chi connectivity index (χ1v) is 30.7. The van der Waals surface area contributed by atoms with Gasteiger partial charge < -0.3 is 50.9 Å². The Balaban J connectivity index is 0.869. The molecule has 0 bridgehead atoms. The molecule has 4 fully saturated rings. The van der Waals surface area contributed by atoms with Crippen molar-refractivity contribution in [1.29, 1.82) is 0 Å². The molecule has 4 saturated heterocycles. The lowest BCUT2D eigenvalue weighted by Gasteiger charge is -2.38. The number of nitrogens with one attached hydrogen (secondary N) is 4. The lowest BCUT2D eigenvalue weighted by molar-refractivity contribution is -0.144. The number of aryl methyl sites for hydroxylation is 2. The predicted octanol–water partition coefficient (Wildman–Crippen LogP) is 3.71. The van der Waals surface area contributed by atoms with Crippen LogP contribution in [0, 0.1) is 17.6 Å². The monoisotopic (exact) mass is 1250 g/mol.